The van der Waals surface area contributed by atoms with E-state index in [2.05, 4.69) is 10.4 Å². The van der Waals surface area contributed by atoms with Gasteiger partial charge in [-0.2, -0.15) is 9.78 Å². The first-order valence-corrected chi connectivity index (χ1v) is 9.21. The summed E-state index contributed by atoms with van der Waals surface area (Å²) in [6.45, 7) is 0.576. The van der Waals surface area contributed by atoms with Gasteiger partial charge >= 0.3 is 5.97 Å². The zero-order chi connectivity index (χ0) is 19.5. The van der Waals surface area contributed by atoms with Gasteiger partial charge in [0.15, 0.2) is 11.8 Å². The number of nitrogens with one attached hydrogen (secondary N) is 1. The number of rotatable bonds is 3. The van der Waals surface area contributed by atoms with Crippen molar-refractivity contribution in [2.45, 2.75) is 25.4 Å². The number of benzene rings is 2. The summed E-state index contributed by atoms with van der Waals surface area (Å²) < 4.78 is 6.67. The minimum atomic E-state index is -0.854. The van der Waals surface area contributed by atoms with Crippen molar-refractivity contribution in [2.24, 2.45) is 0 Å². The lowest BCUT2D eigenvalue weighted by molar-refractivity contribution is -0.129. The molecule has 4 rings (SSSR count). The summed E-state index contributed by atoms with van der Waals surface area (Å²) in [6.07, 6.45) is 1.25. The third kappa shape index (κ3) is 3.38. The minimum absolute atomic E-state index is 0.0103. The zero-order valence-electron chi connectivity index (χ0n) is 15.1. The van der Waals surface area contributed by atoms with E-state index < -0.39 is 12.1 Å². The second-order valence-electron chi connectivity index (χ2n) is 6.63. The monoisotopic (exact) mass is 377 g/mol. The summed E-state index contributed by atoms with van der Waals surface area (Å²) in [5, 5.41) is 7.79. The summed E-state index contributed by atoms with van der Waals surface area (Å²) in [4.78, 5) is 37.9. The lowest BCUT2D eigenvalue weighted by Gasteiger charge is -2.15. The van der Waals surface area contributed by atoms with Gasteiger partial charge in [-0.05, 0) is 37.5 Å². The first-order chi connectivity index (χ1) is 13.6. The Kier molecular flexibility index (Phi) is 4.89. The molecule has 1 saturated heterocycles. The second-order valence-corrected chi connectivity index (χ2v) is 6.63. The Hall–Kier alpha value is -3.48. The zero-order valence-corrected chi connectivity index (χ0v) is 15.1. The molecule has 1 fully saturated rings. The number of esters is 1. The topological polar surface area (TPSA) is 90.3 Å². The molecule has 0 aliphatic carbocycles. The third-order valence-corrected chi connectivity index (χ3v) is 4.73. The molecule has 7 nitrogen and oxygen atoms in total. The van der Waals surface area contributed by atoms with E-state index in [4.69, 9.17) is 4.74 Å². The van der Waals surface area contributed by atoms with Crippen molar-refractivity contribution >= 4 is 22.6 Å². The molecule has 142 valence electrons. The number of hydrogen-bond acceptors (Lipinski definition) is 5. The van der Waals surface area contributed by atoms with Gasteiger partial charge in [0, 0.05) is 11.9 Å². The van der Waals surface area contributed by atoms with E-state index in [1.807, 2.05) is 6.07 Å². The van der Waals surface area contributed by atoms with E-state index in [9.17, 15) is 14.4 Å². The van der Waals surface area contributed by atoms with Gasteiger partial charge in [0.1, 0.15) is 0 Å². The Morgan fingerprint density at radius 2 is 1.71 bits per heavy atom. The maximum Gasteiger partial charge on any atom is 0.360 e. The van der Waals surface area contributed by atoms with Crippen LogP contribution in [0.25, 0.3) is 16.5 Å². The fourth-order valence-electron chi connectivity index (χ4n) is 3.29. The molecule has 1 aliphatic rings. The number of amides is 1. The fraction of sp³-hybridized carbons (Fsp3) is 0.238. The Labute approximate surface area is 160 Å². The van der Waals surface area contributed by atoms with Crippen LogP contribution in [-0.4, -0.2) is 34.3 Å². The molecule has 28 heavy (non-hydrogen) atoms. The van der Waals surface area contributed by atoms with E-state index in [1.54, 1.807) is 48.5 Å². The quantitative estimate of drug-likeness (QED) is 0.707. The molecule has 0 bridgehead atoms. The summed E-state index contributed by atoms with van der Waals surface area (Å²) in [5.74, 6) is -1.02. The van der Waals surface area contributed by atoms with Crippen molar-refractivity contribution < 1.29 is 14.3 Å². The second kappa shape index (κ2) is 7.64. The number of hydrogen-bond donors (Lipinski definition) is 1. The van der Waals surface area contributed by atoms with Gasteiger partial charge in [0.05, 0.1) is 11.1 Å². The van der Waals surface area contributed by atoms with Crippen LogP contribution >= 0.6 is 0 Å². The third-order valence-electron chi connectivity index (χ3n) is 4.73. The van der Waals surface area contributed by atoms with Gasteiger partial charge in [0.25, 0.3) is 11.5 Å². The number of carbonyl (C=O) groups excluding carboxylic acids is 2. The van der Waals surface area contributed by atoms with Gasteiger partial charge in [-0.3, -0.25) is 9.59 Å². The molecule has 0 spiro atoms. The predicted octanol–water partition coefficient (Wildman–Crippen LogP) is 2.21. The molecule has 3 aromatic rings. The molecule has 1 amide bonds. The van der Waals surface area contributed by atoms with Crippen molar-refractivity contribution in [1.82, 2.24) is 15.1 Å². The van der Waals surface area contributed by atoms with Crippen LogP contribution in [0, 0.1) is 0 Å². The van der Waals surface area contributed by atoms with Crippen LogP contribution in [0.3, 0.4) is 0 Å². The van der Waals surface area contributed by atoms with Crippen molar-refractivity contribution in [3.63, 3.8) is 0 Å². The highest BCUT2D eigenvalue weighted by Gasteiger charge is 2.27. The van der Waals surface area contributed by atoms with Crippen LogP contribution in [-0.2, 0) is 9.53 Å². The van der Waals surface area contributed by atoms with Gasteiger partial charge in [-0.1, -0.05) is 36.4 Å². The molecule has 7 heteroatoms. The molecule has 1 aromatic heterocycles. The van der Waals surface area contributed by atoms with Gasteiger partial charge in [0.2, 0.25) is 0 Å². The molecule has 0 saturated carbocycles. The molecule has 1 unspecified atom stereocenters. The maximum atomic E-state index is 12.9. The first-order valence-electron chi connectivity index (χ1n) is 9.21. The molecular weight excluding hydrogens is 358 g/mol. The van der Waals surface area contributed by atoms with E-state index in [-0.39, 0.29) is 17.2 Å². The van der Waals surface area contributed by atoms with Gasteiger partial charge < -0.3 is 10.1 Å². The minimum Gasteiger partial charge on any atom is -0.447 e. The van der Waals surface area contributed by atoms with E-state index in [1.165, 1.54) is 4.68 Å². The molecule has 2 aromatic carbocycles. The molecule has 2 heterocycles. The molecule has 1 N–H and O–H groups in total. The van der Waals surface area contributed by atoms with Crippen LogP contribution < -0.4 is 10.9 Å². The van der Waals surface area contributed by atoms with Crippen LogP contribution in [0.15, 0.2) is 59.4 Å². The van der Waals surface area contributed by atoms with E-state index in [0.717, 1.165) is 12.8 Å². The van der Waals surface area contributed by atoms with E-state index >= 15 is 0 Å². The average Bonchev–Trinajstić information content (AvgIpc) is 2.93. The first kappa shape index (κ1) is 17.9. The fourth-order valence-corrected chi connectivity index (χ4v) is 3.29. The Morgan fingerprint density at radius 3 is 2.50 bits per heavy atom. The number of ether oxygens (including phenoxy) is 1. The Balaban J connectivity index is 1.79. The van der Waals surface area contributed by atoms with Crippen molar-refractivity contribution in [2.75, 3.05) is 6.54 Å². The number of para-hydroxylation sites is 1. The molecule has 0 radical (unpaired) electrons. The van der Waals surface area contributed by atoms with Gasteiger partial charge in [-0.15, -0.1) is 0 Å². The lowest BCUT2D eigenvalue weighted by atomic mass is 10.1. The van der Waals surface area contributed by atoms with Crippen molar-refractivity contribution in [3.05, 3.63) is 70.6 Å². The number of nitrogens with zero attached hydrogens (tertiary/aromatic N) is 2. The lowest BCUT2D eigenvalue weighted by Crippen LogP contribution is -2.36. The predicted molar refractivity (Wildman–Crippen MR) is 103 cm³/mol. The summed E-state index contributed by atoms with van der Waals surface area (Å²) in [5.41, 5.74) is 0.223. The Bertz CT molecular complexity index is 1090. The van der Waals surface area contributed by atoms with Crippen LogP contribution in [0.2, 0.25) is 0 Å². The summed E-state index contributed by atoms with van der Waals surface area (Å²) >= 11 is 0. The summed E-state index contributed by atoms with van der Waals surface area (Å²) in [7, 11) is 0. The highest BCUT2D eigenvalue weighted by Crippen LogP contribution is 2.18. The SMILES string of the molecule is O=C(OC1CCCCNC1=O)c1nn(-c2ccccc2)c(=O)c2ccccc12. The number of aromatic nitrogens is 2. The molecule has 1 atom stereocenters. The highest BCUT2D eigenvalue weighted by molar-refractivity contribution is 6.03. The molecule has 1 aliphatic heterocycles. The highest BCUT2D eigenvalue weighted by atomic mass is 16.5. The average molecular weight is 377 g/mol. The number of fused-ring (bicyclic) bond motifs is 1. The van der Waals surface area contributed by atoms with E-state index in [0.29, 0.717) is 29.4 Å². The summed E-state index contributed by atoms with van der Waals surface area (Å²) in [6, 6.07) is 15.6. The normalized spacial score (nSPS) is 17.0. The molecular formula is C21H19N3O4. The van der Waals surface area contributed by atoms with Gasteiger partial charge in [-0.25, -0.2) is 4.79 Å². The van der Waals surface area contributed by atoms with Crippen LogP contribution in [0.1, 0.15) is 29.8 Å². The maximum absolute atomic E-state index is 12.9. The smallest absolute Gasteiger partial charge is 0.360 e. The Morgan fingerprint density at radius 1 is 1.00 bits per heavy atom. The number of carbonyl (C=O) groups is 2. The van der Waals surface area contributed by atoms with Crippen LogP contribution in [0.5, 0.6) is 0 Å². The van der Waals surface area contributed by atoms with Crippen molar-refractivity contribution in [3.8, 4) is 5.69 Å². The van der Waals surface area contributed by atoms with Crippen molar-refractivity contribution in [1.29, 1.82) is 0 Å². The largest absolute Gasteiger partial charge is 0.447 e. The van der Waals surface area contributed by atoms with Crippen LogP contribution in [0.4, 0.5) is 0 Å². The standard InChI is InChI=1S/C21H19N3O4/c25-19-17(12-6-7-13-22-19)28-21(27)18-15-10-4-5-11-16(15)20(26)24(23-18)14-8-2-1-3-9-14/h1-5,8-11,17H,6-7,12-13H2,(H,22,25).